The molecule has 114 valence electrons. The van der Waals surface area contributed by atoms with Crippen LogP contribution >= 0.6 is 0 Å². The van der Waals surface area contributed by atoms with Gasteiger partial charge in [0.05, 0.1) is 0 Å². The lowest BCUT2D eigenvalue weighted by molar-refractivity contribution is -0.127. The Morgan fingerprint density at radius 2 is 2.05 bits per heavy atom. The van der Waals surface area contributed by atoms with E-state index in [4.69, 9.17) is 9.47 Å². The first-order valence-electron chi connectivity index (χ1n) is 5.85. The molecule has 1 heterocycles. The molecule has 1 aromatic carbocycles. The summed E-state index contributed by atoms with van der Waals surface area (Å²) in [5.41, 5.74) is 0.233. The van der Waals surface area contributed by atoms with Gasteiger partial charge in [-0.2, -0.15) is 8.78 Å². The Kier molecular flexibility index (Phi) is 4.25. The molecule has 0 unspecified atom stereocenters. The fourth-order valence-electron chi connectivity index (χ4n) is 1.83. The Bertz CT molecular complexity index is 577. The number of amides is 1. The maximum atomic E-state index is 12.8. The monoisotopic (exact) mass is 303 g/mol. The van der Waals surface area contributed by atoms with Crippen LogP contribution in [-0.2, 0) is 11.3 Å². The van der Waals surface area contributed by atoms with Crippen LogP contribution in [0.5, 0.6) is 17.2 Å². The molecule has 21 heavy (non-hydrogen) atoms. The average molecular weight is 303 g/mol. The zero-order valence-electron chi connectivity index (χ0n) is 11.1. The van der Waals surface area contributed by atoms with Crippen LogP contribution in [0.4, 0.5) is 13.2 Å². The van der Waals surface area contributed by atoms with Gasteiger partial charge in [-0.1, -0.05) is 6.58 Å². The number of alkyl halides is 2. The van der Waals surface area contributed by atoms with Crippen molar-refractivity contribution >= 4 is 5.91 Å². The van der Waals surface area contributed by atoms with Gasteiger partial charge < -0.3 is 19.1 Å². The van der Waals surface area contributed by atoms with Gasteiger partial charge in [0.2, 0.25) is 6.79 Å². The molecule has 1 amide bonds. The SMILES string of the molecule is C=C(F)C(=O)N(C)Cc1cc2c(cc1OC(F)F)OCO2. The quantitative estimate of drug-likeness (QED) is 0.784. The number of nitrogens with zero attached hydrogens (tertiary/aromatic N) is 1. The van der Waals surface area contributed by atoms with E-state index in [0.29, 0.717) is 5.75 Å². The number of carbonyl (C=O) groups excluding carboxylic acids is 1. The summed E-state index contributed by atoms with van der Waals surface area (Å²) >= 11 is 0. The van der Waals surface area contributed by atoms with Crippen molar-refractivity contribution in [2.45, 2.75) is 13.2 Å². The summed E-state index contributed by atoms with van der Waals surface area (Å²) < 4.78 is 52.2. The summed E-state index contributed by atoms with van der Waals surface area (Å²) in [5.74, 6) is -1.66. The Balaban J connectivity index is 2.28. The lowest BCUT2D eigenvalue weighted by atomic mass is 10.1. The number of rotatable bonds is 5. The van der Waals surface area contributed by atoms with Gasteiger partial charge in [-0.25, -0.2) is 4.39 Å². The first-order chi connectivity index (χ1) is 9.88. The Morgan fingerprint density at radius 1 is 1.43 bits per heavy atom. The second-order valence-corrected chi connectivity index (χ2v) is 4.26. The maximum absolute atomic E-state index is 12.8. The highest BCUT2D eigenvalue weighted by molar-refractivity contribution is 5.90. The van der Waals surface area contributed by atoms with Crippen molar-refractivity contribution in [2.24, 2.45) is 0 Å². The smallest absolute Gasteiger partial charge is 0.387 e. The van der Waals surface area contributed by atoms with Crippen molar-refractivity contribution in [3.05, 3.63) is 30.1 Å². The summed E-state index contributed by atoms with van der Waals surface area (Å²) in [7, 11) is 1.31. The van der Waals surface area contributed by atoms with Gasteiger partial charge in [0.25, 0.3) is 5.91 Å². The molecule has 0 radical (unpaired) electrons. The highest BCUT2D eigenvalue weighted by atomic mass is 19.3. The van der Waals surface area contributed by atoms with E-state index in [2.05, 4.69) is 11.3 Å². The van der Waals surface area contributed by atoms with Crippen LogP contribution < -0.4 is 14.2 Å². The van der Waals surface area contributed by atoms with Crippen LogP contribution in [0.3, 0.4) is 0 Å². The summed E-state index contributed by atoms with van der Waals surface area (Å²) in [5, 5.41) is 0. The molecule has 1 aromatic rings. The van der Waals surface area contributed by atoms with Gasteiger partial charge in [0, 0.05) is 25.2 Å². The van der Waals surface area contributed by atoms with Crippen molar-refractivity contribution in [3.8, 4) is 17.2 Å². The molecule has 0 aromatic heterocycles. The van der Waals surface area contributed by atoms with Crippen molar-refractivity contribution in [2.75, 3.05) is 13.8 Å². The number of ether oxygens (including phenoxy) is 3. The summed E-state index contributed by atoms with van der Waals surface area (Å²) in [6.07, 6.45) is 0. The Hall–Kier alpha value is -2.38. The first-order valence-corrected chi connectivity index (χ1v) is 5.85. The normalized spacial score (nSPS) is 12.4. The van der Waals surface area contributed by atoms with E-state index in [1.54, 1.807) is 0 Å². The molecule has 1 aliphatic rings. The molecule has 0 spiro atoms. The third-order valence-corrected chi connectivity index (χ3v) is 2.76. The molecule has 0 atom stereocenters. The molecule has 5 nitrogen and oxygen atoms in total. The summed E-state index contributed by atoms with van der Waals surface area (Å²) in [4.78, 5) is 12.4. The van der Waals surface area contributed by atoms with E-state index in [9.17, 15) is 18.0 Å². The molecule has 0 bridgehead atoms. The van der Waals surface area contributed by atoms with Crippen LogP contribution in [0.15, 0.2) is 24.5 Å². The molecular formula is C13H12F3NO4. The standard InChI is InChI=1S/C13H12F3NO4/c1-7(14)12(18)17(2)5-8-3-10-11(20-6-19-10)4-9(8)21-13(15)16/h3-4,13H,1,5-6H2,2H3. The van der Waals surface area contributed by atoms with Crippen LogP contribution in [-0.4, -0.2) is 31.3 Å². The molecule has 1 aliphatic heterocycles. The van der Waals surface area contributed by atoms with E-state index >= 15 is 0 Å². The molecule has 0 saturated carbocycles. The molecule has 0 saturated heterocycles. The van der Waals surface area contributed by atoms with Gasteiger partial charge in [0.1, 0.15) is 5.75 Å². The van der Waals surface area contributed by atoms with Crippen molar-refractivity contribution < 1.29 is 32.2 Å². The van der Waals surface area contributed by atoms with Crippen molar-refractivity contribution in [3.63, 3.8) is 0 Å². The minimum Gasteiger partial charge on any atom is -0.454 e. The fraction of sp³-hybridized carbons (Fsp3) is 0.308. The minimum atomic E-state index is -3.04. The molecule has 0 fully saturated rings. The van der Waals surface area contributed by atoms with E-state index in [-0.39, 0.29) is 30.4 Å². The number of benzene rings is 1. The van der Waals surface area contributed by atoms with Gasteiger partial charge in [-0.15, -0.1) is 0 Å². The molecule has 2 rings (SSSR count). The van der Waals surface area contributed by atoms with E-state index < -0.39 is 18.3 Å². The fourth-order valence-corrected chi connectivity index (χ4v) is 1.83. The number of fused-ring (bicyclic) bond motifs is 1. The van der Waals surface area contributed by atoms with E-state index in [0.717, 1.165) is 4.90 Å². The third kappa shape index (κ3) is 3.39. The number of carbonyl (C=O) groups is 1. The van der Waals surface area contributed by atoms with Crippen molar-refractivity contribution in [1.29, 1.82) is 0 Å². The van der Waals surface area contributed by atoms with Crippen LogP contribution in [0.1, 0.15) is 5.56 Å². The third-order valence-electron chi connectivity index (χ3n) is 2.76. The lowest BCUT2D eigenvalue weighted by Crippen LogP contribution is -2.26. The topological polar surface area (TPSA) is 48.0 Å². The molecule has 8 heteroatoms. The lowest BCUT2D eigenvalue weighted by Gasteiger charge is -2.18. The molecule has 0 aliphatic carbocycles. The zero-order valence-corrected chi connectivity index (χ0v) is 11.1. The predicted molar refractivity (Wildman–Crippen MR) is 65.9 cm³/mol. The maximum Gasteiger partial charge on any atom is 0.387 e. The van der Waals surface area contributed by atoms with E-state index in [1.807, 2.05) is 0 Å². The first kappa shape index (κ1) is 15.0. The highest BCUT2D eigenvalue weighted by Gasteiger charge is 2.22. The van der Waals surface area contributed by atoms with Crippen molar-refractivity contribution in [1.82, 2.24) is 4.90 Å². The Morgan fingerprint density at radius 3 is 2.62 bits per heavy atom. The average Bonchev–Trinajstić information content (AvgIpc) is 2.84. The second-order valence-electron chi connectivity index (χ2n) is 4.26. The summed E-state index contributed by atoms with van der Waals surface area (Å²) in [6, 6.07) is 2.65. The number of hydrogen-bond donors (Lipinski definition) is 0. The van der Waals surface area contributed by atoms with Gasteiger partial charge >= 0.3 is 6.61 Å². The molecular weight excluding hydrogens is 291 g/mol. The van der Waals surface area contributed by atoms with Crippen LogP contribution in [0.25, 0.3) is 0 Å². The van der Waals surface area contributed by atoms with Gasteiger partial charge in [-0.05, 0) is 6.07 Å². The Labute approximate surface area is 118 Å². The van der Waals surface area contributed by atoms with E-state index in [1.165, 1.54) is 19.2 Å². The number of halogens is 3. The van der Waals surface area contributed by atoms with Gasteiger partial charge in [0.15, 0.2) is 17.3 Å². The number of hydrogen-bond acceptors (Lipinski definition) is 4. The summed E-state index contributed by atoms with van der Waals surface area (Å²) in [6.45, 7) is -0.339. The second kappa shape index (κ2) is 5.94. The van der Waals surface area contributed by atoms with Crippen LogP contribution in [0, 0.1) is 0 Å². The molecule has 0 N–H and O–H groups in total. The largest absolute Gasteiger partial charge is 0.454 e. The van der Waals surface area contributed by atoms with Gasteiger partial charge in [-0.3, -0.25) is 4.79 Å². The highest BCUT2D eigenvalue weighted by Crippen LogP contribution is 2.39. The van der Waals surface area contributed by atoms with Crippen LogP contribution in [0.2, 0.25) is 0 Å². The zero-order chi connectivity index (χ0) is 15.6. The predicted octanol–water partition coefficient (Wildman–Crippen LogP) is 2.46. The number of likely N-dealkylation sites (N-methyl/N-ethyl adjacent to an activating group) is 1. The minimum absolute atomic E-state index is 0.0387.